The number of hydrogen-bond donors (Lipinski definition) is 0. The first-order valence-electron chi connectivity index (χ1n) is 9.77. The summed E-state index contributed by atoms with van der Waals surface area (Å²) in [6.07, 6.45) is 1.40. The fraction of sp³-hybridized carbons (Fsp3) is 0.360. The highest BCUT2D eigenvalue weighted by molar-refractivity contribution is 5.83. The van der Waals surface area contributed by atoms with Crippen LogP contribution in [0.2, 0.25) is 0 Å². The Bertz CT molecular complexity index is 894. The molecule has 0 nitrogen and oxygen atoms in total. The van der Waals surface area contributed by atoms with Gasteiger partial charge < -0.3 is 0 Å². The normalized spacial score (nSPS) is 33.8. The Morgan fingerprint density at radius 1 is 0.600 bits per heavy atom. The summed E-state index contributed by atoms with van der Waals surface area (Å²) in [6.45, 7) is 4.98. The van der Waals surface area contributed by atoms with Crippen molar-refractivity contribution in [3.63, 3.8) is 0 Å². The molecule has 25 heavy (non-hydrogen) atoms. The molecule has 0 saturated heterocycles. The first kappa shape index (κ1) is 15.2. The molecule has 5 rings (SSSR count). The van der Waals surface area contributed by atoms with Gasteiger partial charge in [-0.05, 0) is 63.8 Å². The van der Waals surface area contributed by atoms with Crippen LogP contribution in [-0.2, 0) is 0 Å². The summed E-state index contributed by atoms with van der Waals surface area (Å²) in [5.41, 5.74) is 3.10. The van der Waals surface area contributed by atoms with E-state index in [0.717, 1.165) is 23.7 Å². The van der Waals surface area contributed by atoms with Crippen LogP contribution in [0.5, 0.6) is 0 Å². The minimum atomic E-state index is 0.670. The first-order valence-corrected chi connectivity index (χ1v) is 9.77. The van der Waals surface area contributed by atoms with E-state index in [1.54, 1.807) is 11.1 Å². The van der Waals surface area contributed by atoms with Crippen molar-refractivity contribution in [2.24, 2.45) is 23.7 Å². The van der Waals surface area contributed by atoms with Crippen LogP contribution < -0.4 is 0 Å². The zero-order valence-electron chi connectivity index (χ0n) is 15.1. The van der Waals surface area contributed by atoms with E-state index in [4.69, 9.17) is 0 Å². The molecule has 2 saturated carbocycles. The Balaban J connectivity index is 1.63. The highest BCUT2D eigenvalue weighted by atomic mass is 14.6. The summed E-state index contributed by atoms with van der Waals surface area (Å²) in [5, 5.41) is 2.74. The molecule has 0 radical (unpaired) electrons. The SMILES string of the molecule is CC1C(C)[C@@H]2C[C@H]1[C@@H](c1ccccc1)[C@H]2c1ccc2ccccc2c1. The fourth-order valence-electron chi connectivity index (χ4n) is 6.00. The standard InChI is InChI=1S/C25H26/c1-16-17(2)23-15-22(16)24(19-9-4-3-5-10-19)25(23)21-13-12-18-8-6-7-11-20(18)14-21/h3-14,16-17,22-25H,15H2,1-2H3/t16?,17?,22-,23+,24-,25+/m1/s1. The minimum absolute atomic E-state index is 0.670. The van der Waals surface area contributed by atoms with Gasteiger partial charge in [0.2, 0.25) is 0 Å². The van der Waals surface area contributed by atoms with Crippen molar-refractivity contribution < 1.29 is 0 Å². The van der Waals surface area contributed by atoms with Crippen molar-refractivity contribution in [2.45, 2.75) is 32.1 Å². The third-order valence-electron chi connectivity index (χ3n) is 7.38. The summed E-state index contributed by atoms with van der Waals surface area (Å²) in [5.74, 6) is 4.68. The van der Waals surface area contributed by atoms with Crippen LogP contribution in [0.4, 0.5) is 0 Å². The van der Waals surface area contributed by atoms with Crippen molar-refractivity contribution in [2.75, 3.05) is 0 Å². The van der Waals surface area contributed by atoms with Crippen LogP contribution in [0.3, 0.4) is 0 Å². The lowest BCUT2D eigenvalue weighted by molar-refractivity contribution is 0.204. The molecule has 2 unspecified atom stereocenters. The smallest absolute Gasteiger partial charge is 0.00590 e. The lowest BCUT2D eigenvalue weighted by Gasteiger charge is -2.39. The van der Waals surface area contributed by atoms with E-state index < -0.39 is 0 Å². The molecule has 0 aromatic heterocycles. The van der Waals surface area contributed by atoms with Gasteiger partial charge in [0.05, 0.1) is 0 Å². The van der Waals surface area contributed by atoms with E-state index in [-0.39, 0.29) is 0 Å². The maximum atomic E-state index is 2.49. The van der Waals surface area contributed by atoms with Gasteiger partial charge in [-0.3, -0.25) is 0 Å². The number of hydrogen-bond acceptors (Lipinski definition) is 0. The van der Waals surface area contributed by atoms with E-state index in [9.17, 15) is 0 Å². The molecular weight excluding hydrogens is 300 g/mol. The Morgan fingerprint density at radius 2 is 1.20 bits per heavy atom. The Kier molecular flexibility index (Phi) is 3.48. The van der Waals surface area contributed by atoms with Gasteiger partial charge in [0.15, 0.2) is 0 Å². The molecule has 0 heteroatoms. The summed E-state index contributed by atoms with van der Waals surface area (Å²) in [7, 11) is 0. The molecule has 0 amide bonds. The molecule has 0 N–H and O–H groups in total. The zero-order valence-corrected chi connectivity index (χ0v) is 15.1. The molecule has 6 atom stereocenters. The number of rotatable bonds is 2. The lowest BCUT2D eigenvalue weighted by Crippen LogP contribution is -2.29. The summed E-state index contributed by atoms with van der Waals surface area (Å²) in [4.78, 5) is 0. The van der Waals surface area contributed by atoms with Crippen LogP contribution in [0.15, 0.2) is 72.8 Å². The average Bonchev–Trinajstić information content (AvgIpc) is 3.19. The van der Waals surface area contributed by atoms with Gasteiger partial charge in [0.1, 0.15) is 0 Å². The topological polar surface area (TPSA) is 0 Å². The van der Waals surface area contributed by atoms with Crippen LogP contribution in [0.25, 0.3) is 10.8 Å². The van der Waals surface area contributed by atoms with Gasteiger partial charge in [-0.25, -0.2) is 0 Å². The predicted octanol–water partition coefficient (Wildman–Crippen LogP) is 6.63. The molecule has 2 aliphatic carbocycles. The molecule has 2 aliphatic rings. The first-order chi connectivity index (χ1) is 12.2. The zero-order chi connectivity index (χ0) is 17.0. The van der Waals surface area contributed by atoms with E-state index in [1.165, 1.54) is 17.2 Å². The largest absolute Gasteiger partial charge is 0.0622 e. The van der Waals surface area contributed by atoms with Crippen LogP contribution in [0.1, 0.15) is 43.2 Å². The van der Waals surface area contributed by atoms with Crippen LogP contribution >= 0.6 is 0 Å². The van der Waals surface area contributed by atoms with E-state index in [2.05, 4.69) is 86.6 Å². The molecule has 3 aromatic carbocycles. The lowest BCUT2D eigenvalue weighted by atomic mass is 9.65. The number of fused-ring (bicyclic) bond motifs is 3. The average molecular weight is 326 g/mol. The Morgan fingerprint density at radius 3 is 1.92 bits per heavy atom. The van der Waals surface area contributed by atoms with Crippen molar-refractivity contribution in [1.29, 1.82) is 0 Å². The molecule has 0 spiro atoms. The molecule has 3 aromatic rings. The third kappa shape index (κ3) is 2.27. The third-order valence-corrected chi connectivity index (χ3v) is 7.38. The van der Waals surface area contributed by atoms with Gasteiger partial charge in [-0.1, -0.05) is 86.6 Å². The number of benzene rings is 3. The van der Waals surface area contributed by atoms with Crippen LogP contribution in [-0.4, -0.2) is 0 Å². The second kappa shape index (κ2) is 5.73. The monoisotopic (exact) mass is 326 g/mol. The minimum Gasteiger partial charge on any atom is -0.0622 e. The molecule has 0 heterocycles. The predicted molar refractivity (Wildman–Crippen MR) is 106 cm³/mol. The molecular formula is C25H26. The van der Waals surface area contributed by atoms with E-state index >= 15 is 0 Å². The maximum Gasteiger partial charge on any atom is -0.00590 e. The fourth-order valence-corrected chi connectivity index (χ4v) is 6.00. The van der Waals surface area contributed by atoms with Crippen LogP contribution in [0, 0.1) is 23.7 Å². The van der Waals surface area contributed by atoms with Gasteiger partial charge in [-0.15, -0.1) is 0 Å². The molecule has 2 bridgehead atoms. The van der Waals surface area contributed by atoms with Crippen molar-refractivity contribution in [3.05, 3.63) is 83.9 Å². The van der Waals surface area contributed by atoms with E-state index in [1.807, 2.05) is 0 Å². The van der Waals surface area contributed by atoms with E-state index in [0.29, 0.717) is 11.8 Å². The summed E-state index contributed by atoms with van der Waals surface area (Å²) in [6, 6.07) is 27.3. The molecule has 0 aliphatic heterocycles. The van der Waals surface area contributed by atoms with Gasteiger partial charge in [-0.2, -0.15) is 0 Å². The highest BCUT2D eigenvalue weighted by Gasteiger charge is 2.55. The van der Waals surface area contributed by atoms with Gasteiger partial charge >= 0.3 is 0 Å². The van der Waals surface area contributed by atoms with Gasteiger partial charge in [0.25, 0.3) is 0 Å². The van der Waals surface area contributed by atoms with Gasteiger partial charge in [0, 0.05) is 0 Å². The Hall–Kier alpha value is -2.08. The van der Waals surface area contributed by atoms with Crippen molar-refractivity contribution in [1.82, 2.24) is 0 Å². The maximum absolute atomic E-state index is 2.49. The second-order valence-corrected chi connectivity index (χ2v) is 8.35. The molecule has 126 valence electrons. The quantitative estimate of drug-likeness (QED) is 0.496. The second-order valence-electron chi connectivity index (χ2n) is 8.35. The van der Waals surface area contributed by atoms with Crippen molar-refractivity contribution >= 4 is 10.8 Å². The summed E-state index contributed by atoms with van der Waals surface area (Å²) >= 11 is 0. The summed E-state index contributed by atoms with van der Waals surface area (Å²) < 4.78 is 0. The highest BCUT2D eigenvalue weighted by Crippen LogP contribution is 2.65. The Labute approximate surface area is 150 Å². The molecule has 2 fully saturated rings. The van der Waals surface area contributed by atoms with Crippen molar-refractivity contribution in [3.8, 4) is 0 Å².